The van der Waals surface area contributed by atoms with Crippen LogP contribution in [0.25, 0.3) is 0 Å². The van der Waals surface area contributed by atoms with Gasteiger partial charge in [0.2, 0.25) is 0 Å². The highest BCUT2D eigenvalue weighted by atomic mass is 16.2. The van der Waals surface area contributed by atoms with Gasteiger partial charge in [0.05, 0.1) is 0 Å². The van der Waals surface area contributed by atoms with Crippen LogP contribution in [0.5, 0.6) is 0 Å². The first-order valence-corrected chi connectivity index (χ1v) is 8.62. The number of likely N-dealkylation sites (tertiary alicyclic amines) is 1. The molecule has 22 heavy (non-hydrogen) atoms. The van der Waals surface area contributed by atoms with Crippen LogP contribution >= 0.6 is 0 Å². The van der Waals surface area contributed by atoms with Crippen molar-refractivity contribution in [1.82, 2.24) is 14.7 Å². The summed E-state index contributed by atoms with van der Waals surface area (Å²) in [6.07, 6.45) is 6.39. The van der Waals surface area contributed by atoms with E-state index in [9.17, 15) is 4.79 Å². The topological polar surface area (TPSA) is 50.2 Å². The van der Waals surface area contributed by atoms with Gasteiger partial charge in [-0.25, -0.2) is 4.79 Å². The van der Waals surface area contributed by atoms with Crippen molar-refractivity contribution in [2.24, 2.45) is 18.4 Å². The summed E-state index contributed by atoms with van der Waals surface area (Å²) in [7, 11) is 1.97. The highest BCUT2D eigenvalue weighted by molar-refractivity contribution is 5.89. The molecule has 1 aromatic heterocycles. The molecule has 0 radical (unpaired) electrons. The van der Waals surface area contributed by atoms with Crippen LogP contribution in [0.1, 0.15) is 57.6 Å². The molecule has 5 heteroatoms. The first-order chi connectivity index (χ1) is 10.5. The number of rotatable bonds is 3. The van der Waals surface area contributed by atoms with Crippen molar-refractivity contribution in [1.29, 1.82) is 0 Å². The third kappa shape index (κ3) is 2.05. The van der Waals surface area contributed by atoms with E-state index >= 15 is 0 Å². The summed E-state index contributed by atoms with van der Waals surface area (Å²) in [6, 6.07) is 2.46. The lowest BCUT2D eigenvalue weighted by Crippen LogP contribution is -2.71. The van der Waals surface area contributed by atoms with Crippen molar-refractivity contribution < 1.29 is 4.79 Å². The maximum absolute atomic E-state index is 12.6. The second kappa shape index (κ2) is 4.74. The number of urea groups is 1. The Bertz CT molecular complexity index is 598. The van der Waals surface area contributed by atoms with Crippen molar-refractivity contribution in [3.8, 4) is 0 Å². The molecule has 1 spiro atoms. The number of nitrogens with zero attached hydrogens (tertiary/aromatic N) is 3. The number of aryl methyl sites for hydroxylation is 1. The van der Waals surface area contributed by atoms with E-state index in [1.54, 1.807) is 0 Å². The van der Waals surface area contributed by atoms with Gasteiger partial charge in [0, 0.05) is 42.7 Å². The third-order valence-electron chi connectivity index (χ3n) is 5.84. The first kappa shape index (κ1) is 14.1. The summed E-state index contributed by atoms with van der Waals surface area (Å²) in [5.74, 6) is 1.87. The summed E-state index contributed by atoms with van der Waals surface area (Å²) in [4.78, 5) is 14.6. The predicted molar refractivity (Wildman–Crippen MR) is 85.8 cm³/mol. The van der Waals surface area contributed by atoms with Crippen LogP contribution in [0.4, 0.5) is 10.6 Å². The van der Waals surface area contributed by atoms with Gasteiger partial charge in [-0.1, -0.05) is 20.3 Å². The smallest absolute Gasteiger partial charge is 0.320 e. The van der Waals surface area contributed by atoms with E-state index in [0.717, 1.165) is 6.54 Å². The molecular formula is C17H26N4O. The molecule has 1 atom stereocenters. The summed E-state index contributed by atoms with van der Waals surface area (Å²) < 4.78 is 1.91. The molecule has 2 saturated carbocycles. The zero-order valence-electron chi connectivity index (χ0n) is 13.8. The largest absolute Gasteiger partial charge is 0.323 e. The maximum atomic E-state index is 12.6. The number of carbonyl (C=O) groups is 1. The molecular weight excluding hydrogens is 276 g/mol. The van der Waals surface area contributed by atoms with Crippen molar-refractivity contribution in [2.45, 2.75) is 57.9 Å². The van der Waals surface area contributed by atoms with Gasteiger partial charge < -0.3 is 4.90 Å². The van der Waals surface area contributed by atoms with Crippen molar-refractivity contribution in [3.63, 3.8) is 0 Å². The lowest BCUT2D eigenvalue weighted by Gasteiger charge is -2.63. The van der Waals surface area contributed by atoms with Gasteiger partial charge in [-0.15, -0.1) is 0 Å². The second-order valence-electron chi connectivity index (χ2n) is 7.82. The quantitative estimate of drug-likeness (QED) is 0.931. The van der Waals surface area contributed by atoms with Crippen LogP contribution in [0.15, 0.2) is 6.07 Å². The molecule has 1 N–H and O–H groups in total. The Kier molecular flexibility index (Phi) is 3.03. The summed E-state index contributed by atoms with van der Waals surface area (Å²) in [5, 5.41) is 7.46. The van der Waals surface area contributed by atoms with Gasteiger partial charge in [0.25, 0.3) is 0 Å². The number of hydrogen-bond donors (Lipinski definition) is 1. The maximum Gasteiger partial charge on any atom is 0.323 e. The van der Waals surface area contributed by atoms with E-state index in [4.69, 9.17) is 0 Å². The molecule has 1 aliphatic heterocycles. The van der Waals surface area contributed by atoms with E-state index in [1.807, 2.05) is 22.7 Å². The van der Waals surface area contributed by atoms with Gasteiger partial charge >= 0.3 is 6.03 Å². The Morgan fingerprint density at radius 2 is 2.14 bits per heavy atom. The summed E-state index contributed by atoms with van der Waals surface area (Å²) >= 11 is 0. The fourth-order valence-corrected chi connectivity index (χ4v) is 4.58. The van der Waals surface area contributed by atoms with Crippen LogP contribution in [-0.4, -0.2) is 33.3 Å². The first-order valence-electron chi connectivity index (χ1n) is 8.62. The minimum atomic E-state index is 0.0247. The molecule has 2 amide bonds. The van der Waals surface area contributed by atoms with Crippen LogP contribution in [0.3, 0.4) is 0 Å². The van der Waals surface area contributed by atoms with Gasteiger partial charge in [-0.05, 0) is 31.6 Å². The zero-order chi connectivity index (χ0) is 15.5. The van der Waals surface area contributed by atoms with E-state index in [-0.39, 0.29) is 6.03 Å². The van der Waals surface area contributed by atoms with Gasteiger partial charge in [-0.3, -0.25) is 10.00 Å². The summed E-state index contributed by atoms with van der Waals surface area (Å²) in [5.41, 5.74) is 1.67. The fraction of sp³-hybridized carbons (Fsp3) is 0.765. The lowest BCUT2D eigenvalue weighted by atomic mass is 9.55. The SMILES string of the molecule is CC(C)C1N(C(=O)Nc2cc(C3CC3)n(C)n2)CC12CCC2. The Labute approximate surface area is 132 Å². The van der Waals surface area contributed by atoms with E-state index in [2.05, 4.69) is 24.3 Å². The molecule has 0 aromatic carbocycles. The molecule has 1 saturated heterocycles. The van der Waals surface area contributed by atoms with E-state index in [1.165, 1.54) is 37.8 Å². The van der Waals surface area contributed by atoms with Crippen LogP contribution in [0, 0.1) is 11.3 Å². The van der Waals surface area contributed by atoms with E-state index < -0.39 is 0 Å². The van der Waals surface area contributed by atoms with E-state index in [0.29, 0.717) is 29.1 Å². The predicted octanol–water partition coefficient (Wildman–Crippen LogP) is 3.34. The molecule has 1 unspecified atom stereocenters. The minimum Gasteiger partial charge on any atom is -0.320 e. The number of aromatic nitrogens is 2. The Morgan fingerprint density at radius 3 is 2.68 bits per heavy atom. The van der Waals surface area contributed by atoms with Crippen molar-refractivity contribution >= 4 is 11.8 Å². The standard InChI is InChI=1S/C17H26N4O/c1-11(2)15-17(7-4-8-17)10-21(15)16(22)18-14-9-13(12-5-6-12)20(3)19-14/h9,11-12,15H,4-8,10H2,1-3H3,(H,18,19,22). The highest BCUT2D eigenvalue weighted by Crippen LogP contribution is 2.55. The molecule has 3 aliphatic rings. The van der Waals surface area contributed by atoms with Crippen LogP contribution in [-0.2, 0) is 7.05 Å². The Balaban J connectivity index is 1.45. The Hall–Kier alpha value is -1.52. The van der Waals surface area contributed by atoms with Crippen LogP contribution in [0.2, 0.25) is 0 Å². The zero-order valence-corrected chi connectivity index (χ0v) is 13.8. The van der Waals surface area contributed by atoms with Crippen LogP contribution < -0.4 is 5.32 Å². The fourth-order valence-electron chi connectivity index (χ4n) is 4.58. The van der Waals surface area contributed by atoms with Gasteiger partial charge in [-0.2, -0.15) is 5.10 Å². The third-order valence-corrected chi connectivity index (χ3v) is 5.84. The average Bonchev–Trinajstić information content (AvgIpc) is 3.10. The average molecular weight is 302 g/mol. The molecule has 5 nitrogen and oxygen atoms in total. The number of nitrogens with one attached hydrogen (secondary N) is 1. The molecule has 1 aromatic rings. The number of carbonyl (C=O) groups excluding carboxylic acids is 1. The highest BCUT2D eigenvalue weighted by Gasteiger charge is 2.58. The molecule has 0 bridgehead atoms. The summed E-state index contributed by atoms with van der Waals surface area (Å²) in [6.45, 7) is 5.39. The molecule has 2 aliphatic carbocycles. The van der Waals surface area contributed by atoms with Crippen molar-refractivity contribution in [3.05, 3.63) is 11.8 Å². The van der Waals surface area contributed by atoms with Gasteiger partial charge in [0.1, 0.15) is 0 Å². The van der Waals surface area contributed by atoms with Gasteiger partial charge in [0.15, 0.2) is 5.82 Å². The normalized spacial score (nSPS) is 26.0. The molecule has 3 fully saturated rings. The minimum absolute atomic E-state index is 0.0247. The molecule has 120 valence electrons. The van der Waals surface area contributed by atoms with Crippen molar-refractivity contribution in [2.75, 3.05) is 11.9 Å². The monoisotopic (exact) mass is 302 g/mol. The second-order valence-corrected chi connectivity index (χ2v) is 7.82. The number of amides is 2. The number of anilines is 1. The number of hydrogen-bond acceptors (Lipinski definition) is 2. The Morgan fingerprint density at radius 1 is 1.41 bits per heavy atom. The lowest BCUT2D eigenvalue weighted by molar-refractivity contribution is -0.114. The molecule has 2 heterocycles. The molecule has 4 rings (SSSR count).